The van der Waals surface area contributed by atoms with Gasteiger partial charge in [-0.1, -0.05) is 6.07 Å². The second-order valence-electron chi connectivity index (χ2n) is 3.98. The molecule has 17 heavy (non-hydrogen) atoms. The summed E-state index contributed by atoms with van der Waals surface area (Å²) in [7, 11) is 0. The van der Waals surface area contributed by atoms with Crippen molar-refractivity contribution < 1.29 is 4.79 Å². The zero-order valence-electron chi connectivity index (χ0n) is 9.66. The van der Waals surface area contributed by atoms with Gasteiger partial charge in [0.1, 0.15) is 5.69 Å². The van der Waals surface area contributed by atoms with Crippen LogP contribution < -0.4 is 0 Å². The number of carbonyl (C=O) groups excluding carboxylic acids is 1. The third-order valence-electron chi connectivity index (χ3n) is 2.44. The number of thiophene rings is 1. The number of rotatable bonds is 3. The van der Waals surface area contributed by atoms with Crippen LogP contribution in [0.3, 0.4) is 0 Å². The van der Waals surface area contributed by atoms with E-state index in [2.05, 4.69) is 20.9 Å². The highest BCUT2D eigenvalue weighted by atomic mass is 79.9. The summed E-state index contributed by atoms with van der Waals surface area (Å²) in [5, 5.41) is 0. The van der Waals surface area contributed by atoms with E-state index < -0.39 is 0 Å². The molecule has 2 aromatic heterocycles. The van der Waals surface area contributed by atoms with E-state index >= 15 is 0 Å². The largest absolute Gasteiger partial charge is 0.292 e. The van der Waals surface area contributed by atoms with E-state index in [9.17, 15) is 4.79 Å². The minimum Gasteiger partial charge on any atom is -0.292 e. The molecule has 0 N–H and O–H groups in total. The molecule has 0 spiro atoms. The quantitative estimate of drug-likeness (QED) is 0.804. The summed E-state index contributed by atoms with van der Waals surface area (Å²) in [6, 6.07) is 5.92. The van der Waals surface area contributed by atoms with Gasteiger partial charge >= 0.3 is 0 Å². The predicted molar refractivity (Wildman–Crippen MR) is 73.8 cm³/mol. The minimum atomic E-state index is 0.0804. The van der Waals surface area contributed by atoms with Crippen LogP contribution in [0.4, 0.5) is 0 Å². The Morgan fingerprint density at radius 2 is 2.18 bits per heavy atom. The molecule has 0 unspecified atom stereocenters. The number of carbonyl (C=O) groups is 1. The van der Waals surface area contributed by atoms with E-state index in [1.807, 2.05) is 32.0 Å². The van der Waals surface area contributed by atoms with Crippen molar-refractivity contribution in [1.82, 2.24) is 4.98 Å². The Bertz CT molecular complexity index is 562. The Morgan fingerprint density at radius 3 is 2.76 bits per heavy atom. The Hall–Kier alpha value is -1.00. The smallest absolute Gasteiger partial charge is 0.186 e. The first-order valence-electron chi connectivity index (χ1n) is 5.27. The maximum Gasteiger partial charge on any atom is 0.186 e. The number of hydrogen-bond donors (Lipinski definition) is 0. The molecule has 2 heterocycles. The molecule has 4 heteroatoms. The van der Waals surface area contributed by atoms with Gasteiger partial charge in [-0.2, -0.15) is 0 Å². The molecule has 0 saturated carbocycles. The molecule has 0 atom stereocenters. The predicted octanol–water partition coefficient (Wildman–Crippen LogP) is 3.95. The molecule has 0 aliphatic heterocycles. The van der Waals surface area contributed by atoms with Crippen molar-refractivity contribution in [3.05, 3.63) is 49.9 Å². The number of halogens is 1. The molecule has 0 aliphatic carbocycles. The lowest BCUT2D eigenvalue weighted by Gasteiger charge is -2.03. The Balaban J connectivity index is 2.20. The van der Waals surface area contributed by atoms with Crippen LogP contribution >= 0.6 is 27.3 Å². The number of aromatic nitrogens is 1. The van der Waals surface area contributed by atoms with Gasteiger partial charge in [-0.05, 0) is 53.0 Å². The highest BCUT2D eigenvalue weighted by Crippen LogP contribution is 2.23. The van der Waals surface area contributed by atoms with Gasteiger partial charge in [0, 0.05) is 17.5 Å². The normalized spacial score (nSPS) is 10.5. The summed E-state index contributed by atoms with van der Waals surface area (Å²) < 4.78 is 1.05. The van der Waals surface area contributed by atoms with Crippen LogP contribution in [0.1, 0.15) is 26.5 Å². The molecule has 0 aromatic carbocycles. The molecule has 0 aliphatic rings. The van der Waals surface area contributed by atoms with Crippen LogP contribution in [0, 0.1) is 13.8 Å². The molecule has 0 radical (unpaired) electrons. The Kier molecular flexibility index (Phi) is 3.74. The van der Waals surface area contributed by atoms with E-state index in [1.54, 1.807) is 17.5 Å². The number of pyridine rings is 1. The molecule has 0 fully saturated rings. The van der Waals surface area contributed by atoms with Crippen molar-refractivity contribution in [2.24, 2.45) is 0 Å². The fourth-order valence-electron chi connectivity index (χ4n) is 1.70. The van der Waals surface area contributed by atoms with Crippen molar-refractivity contribution in [1.29, 1.82) is 0 Å². The van der Waals surface area contributed by atoms with Gasteiger partial charge in [-0.3, -0.25) is 9.78 Å². The summed E-state index contributed by atoms with van der Waals surface area (Å²) in [4.78, 5) is 17.4. The number of ketones is 1. The van der Waals surface area contributed by atoms with Crippen molar-refractivity contribution in [3.8, 4) is 0 Å². The minimum absolute atomic E-state index is 0.0804. The summed E-state index contributed by atoms with van der Waals surface area (Å²) in [5.74, 6) is 0.0804. The van der Waals surface area contributed by atoms with Gasteiger partial charge in [0.15, 0.2) is 5.78 Å². The lowest BCUT2D eigenvalue weighted by atomic mass is 10.1. The SMILES string of the molecule is Cc1cnc(C(=O)Cc2ccc(Br)s2)c(C)c1. The van der Waals surface area contributed by atoms with Crippen molar-refractivity contribution in [2.75, 3.05) is 0 Å². The van der Waals surface area contributed by atoms with E-state index in [1.165, 1.54) is 0 Å². The number of Topliss-reactive ketones (excluding diaryl/α,β-unsaturated/α-hetero) is 1. The van der Waals surface area contributed by atoms with Crippen LogP contribution in [0.25, 0.3) is 0 Å². The zero-order valence-corrected chi connectivity index (χ0v) is 12.1. The van der Waals surface area contributed by atoms with Crippen LogP contribution in [-0.4, -0.2) is 10.8 Å². The summed E-state index contributed by atoms with van der Waals surface area (Å²) in [5.41, 5.74) is 2.61. The van der Waals surface area contributed by atoms with Crippen LogP contribution in [0.15, 0.2) is 28.2 Å². The highest BCUT2D eigenvalue weighted by molar-refractivity contribution is 9.11. The molecule has 2 aromatic rings. The van der Waals surface area contributed by atoms with Gasteiger partial charge in [0.2, 0.25) is 0 Å². The standard InChI is InChI=1S/C13H12BrNOS/c1-8-5-9(2)13(15-7-8)11(16)6-10-3-4-12(14)17-10/h3-5,7H,6H2,1-2H3. The summed E-state index contributed by atoms with van der Waals surface area (Å²) >= 11 is 4.98. The molecular weight excluding hydrogens is 298 g/mol. The second-order valence-corrected chi connectivity index (χ2v) is 6.53. The highest BCUT2D eigenvalue weighted by Gasteiger charge is 2.12. The average Bonchev–Trinajstić information content (AvgIpc) is 2.63. The van der Waals surface area contributed by atoms with E-state index in [0.717, 1.165) is 19.8 Å². The Morgan fingerprint density at radius 1 is 1.41 bits per heavy atom. The molecule has 0 amide bonds. The van der Waals surface area contributed by atoms with Crippen molar-refractivity contribution in [2.45, 2.75) is 20.3 Å². The monoisotopic (exact) mass is 309 g/mol. The van der Waals surface area contributed by atoms with Gasteiger partial charge in [0.25, 0.3) is 0 Å². The van der Waals surface area contributed by atoms with Gasteiger partial charge in [-0.25, -0.2) is 0 Å². The maximum atomic E-state index is 12.1. The summed E-state index contributed by atoms with van der Waals surface area (Å²) in [6.07, 6.45) is 2.16. The van der Waals surface area contributed by atoms with Gasteiger partial charge in [0.05, 0.1) is 3.79 Å². The van der Waals surface area contributed by atoms with Gasteiger partial charge in [-0.15, -0.1) is 11.3 Å². The fraction of sp³-hybridized carbons (Fsp3) is 0.231. The molecular formula is C13H12BrNOS. The Labute approximate surface area is 113 Å². The second kappa shape index (κ2) is 5.10. The first-order valence-corrected chi connectivity index (χ1v) is 6.88. The van der Waals surface area contributed by atoms with Crippen LogP contribution in [-0.2, 0) is 6.42 Å². The zero-order chi connectivity index (χ0) is 12.4. The molecule has 2 rings (SSSR count). The number of hydrogen-bond acceptors (Lipinski definition) is 3. The topological polar surface area (TPSA) is 30.0 Å². The first kappa shape index (κ1) is 12.5. The van der Waals surface area contributed by atoms with Crippen molar-refractivity contribution in [3.63, 3.8) is 0 Å². The number of nitrogens with zero attached hydrogens (tertiary/aromatic N) is 1. The molecule has 2 nitrogen and oxygen atoms in total. The summed E-state index contributed by atoms with van der Waals surface area (Å²) in [6.45, 7) is 3.90. The lowest BCUT2D eigenvalue weighted by Crippen LogP contribution is -2.07. The molecule has 0 bridgehead atoms. The third-order valence-corrected chi connectivity index (χ3v) is 4.07. The molecule has 0 saturated heterocycles. The fourth-order valence-corrected chi connectivity index (χ4v) is 3.18. The lowest BCUT2D eigenvalue weighted by molar-refractivity contribution is 0.0988. The van der Waals surface area contributed by atoms with Crippen LogP contribution in [0.5, 0.6) is 0 Å². The van der Waals surface area contributed by atoms with Crippen molar-refractivity contribution >= 4 is 33.0 Å². The maximum absolute atomic E-state index is 12.1. The number of aryl methyl sites for hydroxylation is 2. The van der Waals surface area contributed by atoms with E-state index in [4.69, 9.17) is 0 Å². The third kappa shape index (κ3) is 3.01. The average molecular weight is 310 g/mol. The molecule has 88 valence electrons. The van der Waals surface area contributed by atoms with E-state index in [0.29, 0.717) is 12.1 Å². The van der Waals surface area contributed by atoms with Gasteiger partial charge < -0.3 is 0 Å². The van der Waals surface area contributed by atoms with Crippen LogP contribution in [0.2, 0.25) is 0 Å². The first-order chi connectivity index (χ1) is 8.06. The van der Waals surface area contributed by atoms with E-state index in [-0.39, 0.29) is 5.78 Å².